The first-order chi connectivity index (χ1) is 10.8. The summed E-state index contributed by atoms with van der Waals surface area (Å²) in [5.41, 5.74) is 0.855. The van der Waals surface area contributed by atoms with Crippen molar-refractivity contribution in [1.29, 1.82) is 0 Å². The van der Waals surface area contributed by atoms with Gasteiger partial charge in [0.1, 0.15) is 4.83 Å². The van der Waals surface area contributed by atoms with Gasteiger partial charge in [-0.3, -0.25) is 14.2 Å². The zero-order valence-electron chi connectivity index (χ0n) is 13.9. The summed E-state index contributed by atoms with van der Waals surface area (Å²) < 4.78 is 1.48. The quantitative estimate of drug-likeness (QED) is 0.838. The molecule has 1 amide bonds. The van der Waals surface area contributed by atoms with Crippen LogP contribution in [0.15, 0.2) is 11.1 Å². The molecule has 2 aromatic rings. The van der Waals surface area contributed by atoms with Crippen LogP contribution in [0, 0.1) is 19.8 Å². The van der Waals surface area contributed by atoms with Crippen LogP contribution in [0.3, 0.4) is 0 Å². The molecule has 0 aliphatic heterocycles. The number of nitrogens with one attached hydrogen (secondary N) is 1. The van der Waals surface area contributed by atoms with Gasteiger partial charge in [-0.25, -0.2) is 4.98 Å². The average Bonchev–Trinajstić information content (AvgIpc) is 2.79. The van der Waals surface area contributed by atoms with Gasteiger partial charge >= 0.3 is 0 Å². The Morgan fingerprint density at radius 2 is 2.13 bits per heavy atom. The van der Waals surface area contributed by atoms with E-state index < -0.39 is 0 Å². The molecule has 0 bridgehead atoms. The summed E-state index contributed by atoms with van der Waals surface area (Å²) in [6.45, 7) is 7.95. The molecule has 7 heteroatoms. The van der Waals surface area contributed by atoms with E-state index in [0.29, 0.717) is 5.39 Å². The van der Waals surface area contributed by atoms with Gasteiger partial charge in [0.2, 0.25) is 5.91 Å². The number of aliphatic hydroxyl groups is 1. The molecule has 0 fully saturated rings. The van der Waals surface area contributed by atoms with Crippen molar-refractivity contribution in [2.75, 3.05) is 6.61 Å². The molecule has 23 heavy (non-hydrogen) atoms. The minimum atomic E-state index is -0.262. The van der Waals surface area contributed by atoms with Crippen molar-refractivity contribution in [3.63, 3.8) is 0 Å². The maximum absolute atomic E-state index is 12.5. The number of carbonyl (C=O) groups is 1. The van der Waals surface area contributed by atoms with Crippen molar-refractivity contribution in [3.8, 4) is 0 Å². The fourth-order valence-electron chi connectivity index (χ4n) is 2.35. The van der Waals surface area contributed by atoms with Crippen molar-refractivity contribution in [3.05, 3.63) is 27.1 Å². The van der Waals surface area contributed by atoms with E-state index in [1.807, 2.05) is 27.7 Å². The van der Waals surface area contributed by atoms with Crippen LogP contribution in [0.1, 0.15) is 30.7 Å². The minimum Gasteiger partial charge on any atom is -0.394 e. The lowest BCUT2D eigenvalue weighted by Crippen LogP contribution is -2.41. The maximum Gasteiger partial charge on any atom is 0.262 e. The molecule has 1 unspecified atom stereocenters. The number of rotatable bonds is 6. The fraction of sp³-hybridized carbons (Fsp3) is 0.562. The van der Waals surface area contributed by atoms with E-state index in [2.05, 4.69) is 10.3 Å². The van der Waals surface area contributed by atoms with E-state index >= 15 is 0 Å². The predicted octanol–water partition coefficient (Wildman–Crippen LogP) is 1.60. The average molecular weight is 337 g/mol. The maximum atomic E-state index is 12.5. The number of nitrogens with zero attached hydrogens (tertiary/aromatic N) is 2. The summed E-state index contributed by atoms with van der Waals surface area (Å²) in [4.78, 5) is 30.6. The molecule has 0 spiro atoms. The molecule has 0 radical (unpaired) electrons. The Hall–Kier alpha value is -1.73. The number of fused-ring (bicyclic) bond motifs is 1. The first-order valence-electron chi connectivity index (χ1n) is 7.70. The normalized spacial score (nSPS) is 12.8. The van der Waals surface area contributed by atoms with Crippen LogP contribution in [0.4, 0.5) is 0 Å². The monoisotopic (exact) mass is 337 g/mol. The fourth-order valence-corrected chi connectivity index (χ4v) is 3.34. The highest BCUT2D eigenvalue weighted by atomic mass is 32.1. The Bertz CT molecular complexity index is 764. The van der Waals surface area contributed by atoms with Crippen molar-refractivity contribution >= 4 is 27.5 Å². The first-order valence-corrected chi connectivity index (χ1v) is 8.52. The lowest BCUT2D eigenvalue weighted by Gasteiger charge is -2.19. The number of hydrogen-bond acceptors (Lipinski definition) is 5. The zero-order valence-corrected chi connectivity index (χ0v) is 14.7. The van der Waals surface area contributed by atoms with Crippen LogP contribution >= 0.6 is 11.3 Å². The van der Waals surface area contributed by atoms with Gasteiger partial charge in [0.15, 0.2) is 0 Å². The van der Waals surface area contributed by atoms with Crippen molar-refractivity contribution in [2.24, 2.45) is 5.92 Å². The summed E-state index contributed by atoms with van der Waals surface area (Å²) >= 11 is 1.51. The summed E-state index contributed by atoms with van der Waals surface area (Å²) in [6, 6.07) is -0.262. The highest BCUT2D eigenvalue weighted by molar-refractivity contribution is 7.18. The van der Waals surface area contributed by atoms with Crippen molar-refractivity contribution in [2.45, 2.75) is 46.7 Å². The van der Waals surface area contributed by atoms with E-state index in [1.54, 1.807) is 0 Å². The second-order valence-electron chi connectivity index (χ2n) is 6.06. The van der Waals surface area contributed by atoms with Crippen LogP contribution < -0.4 is 10.9 Å². The number of hydrogen-bond donors (Lipinski definition) is 2. The van der Waals surface area contributed by atoms with E-state index in [9.17, 15) is 14.7 Å². The molecule has 2 rings (SSSR count). The van der Waals surface area contributed by atoms with Crippen LogP contribution in [-0.4, -0.2) is 33.2 Å². The molecule has 0 aliphatic carbocycles. The second kappa shape index (κ2) is 7.23. The molecule has 0 aromatic carbocycles. The lowest BCUT2D eigenvalue weighted by molar-refractivity contribution is -0.122. The van der Waals surface area contributed by atoms with Crippen molar-refractivity contribution < 1.29 is 9.90 Å². The highest BCUT2D eigenvalue weighted by Gasteiger charge is 2.16. The molecular formula is C16H23N3O3S. The van der Waals surface area contributed by atoms with Gasteiger partial charge < -0.3 is 10.4 Å². The summed E-state index contributed by atoms with van der Waals surface area (Å²) in [5.74, 6) is -0.0240. The third-order valence-electron chi connectivity index (χ3n) is 4.08. The molecule has 0 saturated heterocycles. The van der Waals surface area contributed by atoms with Gasteiger partial charge in [-0.1, -0.05) is 13.8 Å². The highest BCUT2D eigenvalue weighted by Crippen LogP contribution is 2.25. The lowest BCUT2D eigenvalue weighted by atomic mass is 10.1. The number of aryl methyl sites for hydroxylation is 3. The second-order valence-corrected chi connectivity index (χ2v) is 7.26. The molecule has 2 heterocycles. The van der Waals surface area contributed by atoms with Gasteiger partial charge in [-0.2, -0.15) is 0 Å². The van der Waals surface area contributed by atoms with Gasteiger partial charge in [0.25, 0.3) is 5.56 Å². The molecule has 2 N–H and O–H groups in total. The van der Waals surface area contributed by atoms with Crippen LogP contribution in [0.2, 0.25) is 0 Å². The van der Waals surface area contributed by atoms with E-state index in [1.165, 1.54) is 22.2 Å². The van der Waals surface area contributed by atoms with Crippen LogP contribution in [-0.2, 0) is 11.3 Å². The molecule has 1 atom stereocenters. The Kier molecular flexibility index (Phi) is 5.54. The molecule has 0 aliphatic rings. The van der Waals surface area contributed by atoms with E-state index in [-0.39, 0.29) is 43.0 Å². The predicted molar refractivity (Wildman–Crippen MR) is 91.8 cm³/mol. The van der Waals surface area contributed by atoms with Gasteiger partial charge in [0, 0.05) is 17.8 Å². The standard InChI is InChI=1S/C16H23N3O3S/c1-9(2)12(7-20)18-13(21)5-6-19-8-17-15-14(16(19)22)10(3)11(4)23-15/h8-9,12,20H,5-7H2,1-4H3,(H,18,21). The van der Waals surface area contributed by atoms with Crippen molar-refractivity contribution in [1.82, 2.24) is 14.9 Å². The smallest absolute Gasteiger partial charge is 0.262 e. The number of aromatic nitrogens is 2. The topological polar surface area (TPSA) is 84.2 Å². The van der Waals surface area contributed by atoms with Gasteiger partial charge in [0.05, 0.1) is 24.4 Å². The molecule has 2 aromatic heterocycles. The Morgan fingerprint density at radius 1 is 1.43 bits per heavy atom. The molecule has 126 valence electrons. The molecule has 6 nitrogen and oxygen atoms in total. The Morgan fingerprint density at radius 3 is 2.74 bits per heavy atom. The van der Waals surface area contributed by atoms with Gasteiger partial charge in [-0.05, 0) is 25.3 Å². The molecular weight excluding hydrogens is 314 g/mol. The minimum absolute atomic E-state index is 0.0930. The van der Waals surface area contributed by atoms with Crippen LogP contribution in [0.25, 0.3) is 10.2 Å². The van der Waals surface area contributed by atoms with E-state index in [4.69, 9.17) is 0 Å². The number of amides is 1. The summed E-state index contributed by atoms with van der Waals surface area (Å²) in [6.07, 6.45) is 1.68. The molecule has 0 saturated carbocycles. The Balaban J connectivity index is 2.11. The van der Waals surface area contributed by atoms with Crippen LogP contribution in [0.5, 0.6) is 0 Å². The number of carbonyl (C=O) groups excluding carboxylic acids is 1. The number of thiophene rings is 1. The number of aliphatic hydroxyl groups excluding tert-OH is 1. The van der Waals surface area contributed by atoms with Gasteiger partial charge in [-0.15, -0.1) is 11.3 Å². The first kappa shape index (κ1) is 17.6. The SMILES string of the molecule is Cc1sc2ncn(CCC(=O)NC(CO)C(C)C)c(=O)c2c1C. The zero-order chi connectivity index (χ0) is 17.1. The third kappa shape index (κ3) is 3.79. The largest absolute Gasteiger partial charge is 0.394 e. The third-order valence-corrected chi connectivity index (χ3v) is 5.20. The summed E-state index contributed by atoms with van der Waals surface area (Å²) in [5, 5.41) is 12.7. The van der Waals surface area contributed by atoms with E-state index in [0.717, 1.165) is 15.3 Å². The summed E-state index contributed by atoms with van der Waals surface area (Å²) in [7, 11) is 0. The Labute approximate surface area is 139 Å².